The number of sulfonamides is 1. The van der Waals surface area contributed by atoms with Crippen molar-refractivity contribution in [1.29, 1.82) is 0 Å². The number of thiophene rings is 1. The number of hydrogen-bond acceptors (Lipinski definition) is 5. The van der Waals surface area contributed by atoms with Crippen molar-refractivity contribution in [3.05, 3.63) is 45.8 Å². The van der Waals surface area contributed by atoms with Crippen LogP contribution in [0.1, 0.15) is 60.3 Å². The minimum Gasteiger partial charge on any atom is -0.366 e. The van der Waals surface area contributed by atoms with Crippen LogP contribution in [0.4, 0.5) is 0 Å². The number of aromatic amines is 1. The maximum absolute atomic E-state index is 12.3. The number of amides is 1. The number of aromatic nitrogens is 1. The van der Waals surface area contributed by atoms with Gasteiger partial charge in [0, 0.05) is 42.1 Å². The number of nitrogens with one attached hydrogen (secondary N) is 2. The summed E-state index contributed by atoms with van der Waals surface area (Å²) in [5, 5.41) is 6.54. The molecule has 1 aliphatic heterocycles. The molecule has 4 rings (SSSR count). The Morgan fingerprint density at radius 1 is 1.24 bits per heavy atom. The first-order chi connectivity index (χ1) is 15.7. The molecule has 1 aromatic carbocycles. The number of fused-ring (bicyclic) bond motifs is 1. The van der Waals surface area contributed by atoms with E-state index in [1.807, 2.05) is 12.3 Å². The highest BCUT2D eigenvalue weighted by Crippen LogP contribution is 2.38. The van der Waals surface area contributed by atoms with Gasteiger partial charge in [-0.15, -0.1) is 11.3 Å². The van der Waals surface area contributed by atoms with Crippen LogP contribution in [0.15, 0.2) is 29.8 Å². The lowest BCUT2D eigenvalue weighted by Gasteiger charge is -2.31. The molecular weight excluding hydrogens is 456 g/mol. The van der Waals surface area contributed by atoms with E-state index in [0.717, 1.165) is 47.0 Å². The normalized spacial score (nSPS) is 16.1. The van der Waals surface area contributed by atoms with Crippen molar-refractivity contribution < 1.29 is 13.2 Å². The number of primary amides is 1. The van der Waals surface area contributed by atoms with E-state index in [-0.39, 0.29) is 11.7 Å². The Labute approximate surface area is 199 Å². The first kappa shape index (κ1) is 23.9. The highest BCUT2D eigenvalue weighted by molar-refractivity contribution is 7.89. The van der Waals surface area contributed by atoms with Gasteiger partial charge >= 0.3 is 0 Å². The summed E-state index contributed by atoms with van der Waals surface area (Å²) in [5.74, 6) is -0.104. The van der Waals surface area contributed by atoms with Crippen LogP contribution < -0.4 is 11.1 Å². The standard InChI is InChI=1S/C24H32N4O3S2/c1-4-33(30,31)28-7-5-16(6-8-28)22-13-27-23-20(22)10-17(11-21(23)24(25)29)18-9-19(32-14-18)12-26-15(2)3/h9-11,13-16,26-27H,4-8,12H2,1-3H3,(H2,25,29). The molecule has 0 atom stereocenters. The molecule has 0 saturated carbocycles. The lowest BCUT2D eigenvalue weighted by atomic mass is 9.88. The van der Waals surface area contributed by atoms with Crippen molar-refractivity contribution in [2.24, 2.45) is 5.73 Å². The van der Waals surface area contributed by atoms with Crippen LogP contribution in [0.3, 0.4) is 0 Å². The SMILES string of the molecule is CCS(=O)(=O)N1CCC(c2c[nH]c3c(C(N)=O)cc(-c4csc(CNC(C)C)c4)cc23)CC1. The highest BCUT2D eigenvalue weighted by atomic mass is 32.2. The number of H-pyrrole nitrogens is 1. The first-order valence-corrected chi connectivity index (χ1v) is 13.9. The average molecular weight is 489 g/mol. The zero-order valence-corrected chi connectivity index (χ0v) is 21.0. The molecule has 1 fully saturated rings. The van der Waals surface area contributed by atoms with E-state index in [0.29, 0.717) is 24.7 Å². The average Bonchev–Trinajstić information content (AvgIpc) is 3.44. The molecule has 0 unspecified atom stereocenters. The molecule has 3 aromatic rings. The van der Waals surface area contributed by atoms with E-state index in [1.54, 1.807) is 22.6 Å². The number of carbonyl (C=O) groups excluding carboxylic acids is 1. The third kappa shape index (κ3) is 5.01. The molecule has 9 heteroatoms. The summed E-state index contributed by atoms with van der Waals surface area (Å²) >= 11 is 1.70. The van der Waals surface area contributed by atoms with Gasteiger partial charge in [0.15, 0.2) is 0 Å². The van der Waals surface area contributed by atoms with Crippen LogP contribution >= 0.6 is 11.3 Å². The second-order valence-electron chi connectivity index (χ2n) is 8.97. The predicted octanol–water partition coefficient (Wildman–Crippen LogP) is 4.02. The Morgan fingerprint density at radius 3 is 2.61 bits per heavy atom. The van der Waals surface area contributed by atoms with Gasteiger partial charge in [0.05, 0.1) is 16.8 Å². The van der Waals surface area contributed by atoms with Crippen molar-refractivity contribution in [3.8, 4) is 11.1 Å². The molecule has 178 valence electrons. The molecule has 4 N–H and O–H groups in total. The van der Waals surface area contributed by atoms with E-state index in [4.69, 9.17) is 5.73 Å². The second-order valence-corrected chi connectivity index (χ2v) is 12.2. The number of carbonyl (C=O) groups is 1. The van der Waals surface area contributed by atoms with Crippen LogP contribution in [-0.4, -0.2) is 48.5 Å². The van der Waals surface area contributed by atoms with Gasteiger partial charge in [-0.3, -0.25) is 4.79 Å². The van der Waals surface area contributed by atoms with Crippen molar-refractivity contribution >= 4 is 38.2 Å². The minimum atomic E-state index is -3.16. The number of benzene rings is 1. The Balaban J connectivity index is 1.67. The van der Waals surface area contributed by atoms with Crippen molar-refractivity contribution in [2.75, 3.05) is 18.8 Å². The number of nitrogens with two attached hydrogens (primary N) is 1. The number of rotatable bonds is 8. The predicted molar refractivity (Wildman–Crippen MR) is 135 cm³/mol. The maximum atomic E-state index is 12.3. The van der Waals surface area contributed by atoms with E-state index >= 15 is 0 Å². The molecule has 3 heterocycles. The van der Waals surface area contributed by atoms with Crippen LogP contribution in [0.2, 0.25) is 0 Å². The van der Waals surface area contributed by atoms with Gasteiger partial charge in [-0.05, 0) is 66.0 Å². The lowest BCUT2D eigenvalue weighted by molar-refractivity contribution is 0.100. The smallest absolute Gasteiger partial charge is 0.250 e. The molecule has 0 spiro atoms. The molecule has 33 heavy (non-hydrogen) atoms. The van der Waals surface area contributed by atoms with Crippen molar-refractivity contribution in [2.45, 2.75) is 52.1 Å². The van der Waals surface area contributed by atoms with Crippen LogP contribution in [-0.2, 0) is 16.6 Å². The van der Waals surface area contributed by atoms with E-state index in [9.17, 15) is 13.2 Å². The van der Waals surface area contributed by atoms with Gasteiger partial charge in [-0.25, -0.2) is 12.7 Å². The summed E-state index contributed by atoms with van der Waals surface area (Å²) in [6.45, 7) is 7.78. The Kier molecular flexibility index (Phi) is 6.95. The van der Waals surface area contributed by atoms with E-state index in [1.165, 1.54) is 4.88 Å². The molecule has 1 amide bonds. The maximum Gasteiger partial charge on any atom is 0.250 e. The highest BCUT2D eigenvalue weighted by Gasteiger charge is 2.29. The third-order valence-electron chi connectivity index (χ3n) is 6.41. The fraction of sp³-hybridized carbons (Fsp3) is 0.458. The fourth-order valence-electron chi connectivity index (χ4n) is 4.51. The molecule has 2 aromatic heterocycles. The topological polar surface area (TPSA) is 108 Å². The number of piperidine rings is 1. The molecule has 0 aliphatic carbocycles. The van der Waals surface area contributed by atoms with E-state index < -0.39 is 15.9 Å². The van der Waals surface area contributed by atoms with Gasteiger partial charge < -0.3 is 16.0 Å². The number of hydrogen-bond donors (Lipinski definition) is 3. The monoisotopic (exact) mass is 488 g/mol. The van der Waals surface area contributed by atoms with Gasteiger partial charge in [0.2, 0.25) is 10.0 Å². The molecule has 7 nitrogen and oxygen atoms in total. The van der Waals surface area contributed by atoms with Crippen LogP contribution in [0.5, 0.6) is 0 Å². The molecule has 0 radical (unpaired) electrons. The zero-order valence-electron chi connectivity index (χ0n) is 19.3. The number of nitrogens with zero attached hydrogens (tertiary/aromatic N) is 1. The summed E-state index contributed by atoms with van der Waals surface area (Å²) in [4.78, 5) is 16.8. The summed E-state index contributed by atoms with van der Waals surface area (Å²) in [6.07, 6.45) is 3.47. The van der Waals surface area contributed by atoms with Crippen molar-refractivity contribution in [1.82, 2.24) is 14.6 Å². The molecular formula is C24H32N4O3S2. The molecule has 1 saturated heterocycles. The third-order valence-corrected chi connectivity index (χ3v) is 9.23. The summed E-state index contributed by atoms with van der Waals surface area (Å²) in [5.41, 5.74) is 10.1. The van der Waals surface area contributed by atoms with Gasteiger partial charge in [0.1, 0.15) is 0 Å². The first-order valence-electron chi connectivity index (χ1n) is 11.4. The van der Waals surface area contributed by atoms with Crippen LogP contribution in [0, 0.1) is 0 Å². The Hall–Kier alpha value is -2.20. The Morgan fingerprint density at radius 2 is 1.97 bits per heavy atom. The second kappa shape index (κ2) is 9.58. The lowest BCUT2D eigenvalue weighted by Crippen LogP contribution is -2.38. The van der Waals surface area contributed by atoms with Crippen molar-refractivity contribution in [3.63, 3.8) is 0 Å². The minimum absolute atomic E-state index is 0.130. The van der Waals surface area contributed by atoms with Gasteiger partial charge in [-0.2, -0.15) is 0 Å². The molecule has 1 aliphatic rings. The zero-order chi connectivity index (χ0) is 23.8. The summed E-state index contributed by atoms with van der Waals surface area (Å²) in [7, 11) is -3.16. The summed E-state index contributed by atoms with van der Waals surface area (Å²) in [6, 6.07) is 6.56. The quantitative estimate of drug-likeness (QED) is 0.445. The fourth-order valence-corrected chi connectivity index (χ4v) is 6.49. The largest absolute Gasteiger partial charge is 0.366 e. The summed E-state index contributed by atoms with van der Waals surface area (Å²) < 4.78 is 26.1. The van der Waals surface area contributed by atoms with Crippen LogP contribution in [0.25, 0.3) is 22.0 Å². The van der Waals surface area contributed by atoms with Gasteiger partial charge in [0.25, 0.3) is 5.91 Å². The Bertz CT molecular complexity index is 1250. The molecule has 0 bridgehead atoms. The van der Waals surface area contributed by atoms with E-state index in [2.05, 4.69) is 41.7 Å². The van der Waals surface area contributed by atoms with Gasteiger partial charge in [-0.1, -0.05) is 13.8 Å².